The van der Waals surface area contributed by atoms with Crippen LogP contribution < -0.4 is 10.5 Å². The summed E-state index contributed by atoms with van der Waals surface area (Å²) in [6.07, 6.45) is 0. The van der Waals surface area contributed by atoms with Crippen LogP contribution in [-0.2, 0) is 16.6 Å². The summed E-state index contributed by atoms with van der Waals surface area (Å²) in [7, 11) is -3.93. The topological polar surface area (TPSA) is 72.2 Å². The van der Waals surface area contributed by atoms with Crippen LogP contribution in [0, 0.1) is 11.6 Å². The Balaban J connectivity index is 2.19. The molecule has 0 radical (unpaired) electrons. The average molecular weight is 333 g/mol. The minimum Gasteiger partial charge on any atom is -0.399 e. The van der Waals surface area contributed by atoms with E-state index in [4.69, 9.17) is 17.3 Å². The number of hydrogen-bond acceptors (Lipinski definition) is 3. The first-order chi connectivity index (χ1) is 9.78. The third-order valence-corrected chi connectivity index (χ3v) is 4.32. The van der Waals surface area contributed by atoms with Gasteiger partial charge < -0.3 is 5.73 Å². The van der Waals surface area contributed by atoms with Crippen LogP contribution in [0.15, 0.2) is 41.3 Å². The Hall–Kier alpha value is -1.70. The molecule has 0 aliphatic carbocycles. The largest absolute Gasteiger partial charge is 0.399 e. The lowest BCUT2D eigenvalue weighted by Crippen LogP contribution is -2.23. The van der Waals surface area contributed by atoms with Gasteiger partial charge in [0.05, 0.1) is 9.92 Å². The summed E-state index contributed by atoms with van der Waals surface area (Å²) in [5, 5.41) is -0.110. The minimum absolute atomic E-state index is 0.000187. The van der Waals surface area contributed by atoms with Gasteiger partial charge in [0.1, 0.15) is 11.6 Å². The summed E-state index contributed by atoms with van der Waals surface area (Å²) in [5.41, 5.74) is 5.88. The fraction of sp³-hybridized carbons (Fsp3) is 0.0769. The van der Waals surface area contributed by atoms with Crippen molar-refractivity contribution in [1.29, 1.82) is 0 Å². The molecule has 0 spiro atoms. The van der Waals surface area contributed by atoms with Gasteiger partial charge in [0.15, 0.2) is 0 Å². The molecule has 0 unspecified atom stereocenters. The second-order valence-electron chi connectivity index (χ2n) is 4.29. The van der Waals surface area contributed by atoms with Gasteiger partial charge in [0, 0.05) is 12.2 Å². The summed E-state index contributed by atoms with van der Waals surface area (Å²) >= 11 is 5.60. The second-order valence-corrected chi connectivity index (χ2v) is 6.47. The zero-order valence-corrected chi connectivity index (χ0v) is 12.2. The van der Waals surface area contributed by atoms with Gasteiger partial charge in [0.2, 0.25) is 10.0 Å². The van der Waals surface area contributed by atoms with Crippen molar-refractivity contribution in [2.24, 2.45) is 0 Å². The number of hydrogen-bond donors (Lipinski definition) is 2. The summed E-state index contributed by atoms with van der Waals surface area (Å²) in [4.78, 5) is -0.284. The van der Waals surface area contributed by atoms with Gasteiger partial charge in [-0.3, -0.25) is 0 Å². The van der Waals surface area contributed by atoms with Gasteiger partial charge >= 0.3 is 0 Å². The van der Waals surface area contributed by atoms with Crippen molar-refractivity contribution in [1.82, 2.24) is 4.72 Å². The van der Waals surface area contributed by atoms with Crippen molar-refractivity contribution in [2.45, 2.75) is 11.4 Å². The molecule has 8 heteroatoms. The normalized spacial score (nSPS) is 11.6. The molecule has 0 fully saturated rings. The van der Waals surface area contributed by atoms with Crippen LogP contribution in [0.4, 0.5) is 14.5 Å². The predicted octanol–water partition coefficient (Wildman–Crippen LogP) is 2.68. The molecule has 0 heterocycles. The molecular formula is C13H11ClF2N2O2S. The lowest BCUT2D eigenvalue weighted by molar-refractivity contribution is 0.577. The molecule has 2 aromatic carbocycles. The third kappa shape index (κ3) is 3.90. The lowest BCUT2D eigenvalue weighted by Gasteiger charge is -2.08. The van der Waals surface area contributed by atoms with Crippen molar-refractivity contribution in [3.8, 4) is 0 Å². The van der Waals surface area contributed by atoms with Gasteiger partial charge in [0.25, 0.3) is 0 Å². The van der Waals surface area contributed by atoms with Crippen LogP contribution in [-0.4, -0.2) is 8.42 Å². The zero-order chi connectivity index (χ0) is 15.6. The first-order valence-corrected chi connectivity index (χ1v) is 7.64. The van der Waals surface area contributed by atoms with Gasteiger partial charge in [-0.25, -0.2) is 21.9 Å². The predicted molar refractivity (Wildman–Crippen MR) is 76.2 cm³/mol. The summed E-state index contributed by atoms with van der Waals surface area (Å²) in [6, 6.07) is 6.84. The molecule has 0 saturated heterocycles. The van der Waals surface area contributed by atoms with Crippen LogP contribution >= 0.6 is 11.6 Å². The number of nitrogen functional groups attached to an aromatic ring is 1. The molecule has 0 saturated carbocycles. The Morgan fingerprint density at radius 3 is 2.48 bits per heavy atom. The SMILES string of the molecule is Nc1cc(F)cc(S(=O)(=O)NCc2ccc(F)c(Cl)c2)c1. The lowest BCUT2D eigenvalue weighted by atomic mass is 10.2. The maximum atomic E-state index is 13.2. The second kappa shape index (κ2) is 5.97. The molecule has 21 heavy (non-hydrogen) atoms. The number of anilines is 1. The highest BCUT2D eigenvalue weighted by Gasteiger charge is 2.15. The summed E-state index contributed by atoms with van der Waals surface area (Å²) in [6.45, 7) is -0.112. The first kappa shape index (κ1) is 15.7. The Morgan fingerprint density at radius 2 is 1.86 bits per heavy atom. The van der Waals surface area contributed by atoms with Crippen molar-refractivity contribution >= 4 is 27.3 Å². The van der Waals surface area contributed by atoms with Gasteiger partial charge in [-0.15, -0.1) is 0 Å². The smallest absolute Gasteiger partial charge is 0.241 e. The van der Waals surface area contributed by atoms with Crippen LogP contribution in [0.5, 0.6) is 0 Å². The van der Waals surface area contributed by atoms with Crippen molar-refractivity contribution in [2.75, 3.05) is 5.73 Å². The van der Waals surface area contributed by atoms with E-state index in [1.54, 1.807) is 0 Å². The summed E-state index contributed by atoms with van der Waals surface area (Å²) < 4.78 is 52.5. The monoisotopic (exact) mass is 332 g/mol. The van der Waals surface area contributed by atoms with Crippen molar-refractivity contribution in [3.63, 3.8) is 0 Å². The minimum atomic E-state index is -3.93. The highest BCUT2D eigenvalue weighted by atomic mass is 35.5. The molecule has 0 bridgehead atoms. The van der Waals surface area contributed by atoms with E-state index < -0.39 is 21.7 Å². The van der Waals surface area contributed by atoms with E-state index in [0.717, 1.165) is 24.3 Å². The Labute approximate surface area is 125 Å². The number of nitrogens with two attached hydrogens (primary N) is 1. The molecule has 2 rings (SSSR count). The fourth-order valence-electron chi connectivity index (χ4n) is 1.65. The van der Waals surface area contributed by atoms with Crippen LogP contribution in [0.25, 0.3) is 0 Å². The van der Waals surface area contributed by atoms with E-state index in [9.17, 15) is 17.2 Å². The highest BCUT2D eigenvalue weighted by Crippen LogP contribution is 2.18. The molecule has 0 aromatic heterocycles. The highest BCUT2D eigenvalue weighted by molar-refractivity contribution is 7.89. The van der Waals surface area contributed by atoms with Crippen LogP contribution in [0.2, 0.25) is 5.02 Å². The third-order valence-electron chi connectivity index (χ3n) is 2.65. The fourth-order valence-corrected chi connectivity index (χ4v) is 2.94. The molecule has 0 aliphatic heterocycles. The van der Waals surface area contributed by atoms with E-state index in [1.165, 1.54) is 12.1 Å². The Kier molecular flexibility index (Phi) is 4.46. The van der Waals surface area contributed by atoms with Crippen LogP contribution in [0.1, 0.15) is 5.56 Å². The number of benzene rings is 2. The maximum Gasteiger partial charge on any atom is 0.241 e. The molecule has 4 nitrogen and oxygen atoms in total. The molecule has 3 N–H and O–H groups in total. The van der Waals surface area contributed by atoms with E-state index >= 15 is 0 Å². The van der Waals surface area contributed by atoms with Crippen molar-refractivity contribution in [3.05, 3.63) is 58.6 Å². The molecule has 0 amide bonds. The Morgan fingerprint density at radius 1 is 1.14 bits per heavy atom. The molecule has 0 aliphatic rings. The van der Waals surface area contributed by atoms with E-state index in [-0.39, 0.29) is 22.2 Å². The quantitative estimate of drug-likeness (QED) is 0.845. The number of halogens is 3. The van der Waals surface area contributed by atoms with E-state index in [1.807, 2.05) is 0 Å². The standard InChI is InChI=1S/C13H11ClF2N2O2S/c14-12-3-8(1-2-13(12)16)7-18-21(19,20)11-5-9(15)4-10(17)6-11/h1-6,18H,7,17H2. The van der Waals surface area contributed by atoms with E-state index in [0.29, 0.717) is 5.56 Å². The van der Waals surface area contributed by atoms with Gasteiger partial charge in [-0.05, 0) is 35.9 Å². The van der Waals surface area contributed by atoms with Gasteiger partial charge in [-0.2, -0.15) is 0 Å². The molecule has 2 aromatic rings. The molecule has 0 atom stereocenters. The average Bonchev–Trinajstić information content (AvgIpc) is 2.39. The van der Waals surface area contributed by atoms with E-state index in [2.05, 4.69) is 4.72 Å². The molecule has 112 valence electrons. The van der Waals surface area contributed by atoms with Crippen molar-refractivity contribution < 1.29 is 17.2 Å². The first-order valence-electron chi connectivity index (χ1n) is 5.77. The number of rotatable bonds is 4. The Bertz CT molecular complexity index is 761. The number of nitrogens with one attached hydrogen (secondary N) is 1. The maximum absolute atomic E-state index is 13.2. The summed E-state index contributed by atoms with van der Waals surface area (Å²) in [5.74, 6) is -1.35. The van der Waals surface area contributed by atoms with Gasteiger partial charge in [-0.1, -0.05) is 17.7 Å². The zero-order valence-electron chi connectivity index (χ0n) is 10.6. The number of sulfonamides is 1. The molecular weight excluding hydrogens is 322 g/mol. The van der Waals surface area contributed by atoms with Crippen LogP contribution in [0.3, 0.4) is 0 Å².